The molecule has 3 aliphatic rings. The number of para-hydroxylation sites is 1. The maximum Gasteiger partial charge on any atom is 0.226 e. The Bertz CT molecular complexity index is 1180. The van der Waals surface area contributed by atoms with Crippen molar-refractivity contribution in [1.29, 1.82) is 0 Å². The van der Waals surface area contributed by atoms with Crippen LogP contribution in [0.1, 0.15) is 48.2 Å². The van der Waals surface area contributed by atoms with Crippen molar-refractivity contribution in [2.45, 2.75) is 51.7 Å². The maximum absolute atomic E-state index is 13.1. The Balaban J connectivity index is 1.33. The predicted octanol–water partition coefficient (Wildman–Crippen LogP) is 5.23. The normalized spacial score (nSPS) is 18.0. The van der Waals surface area contributed by atoms with Crippen LogP contribution in [0, 0.1) is 11.8 Å². The van der Waals surface area contributed by atoms with Crippen LogP contribution in [-0.4, -0.2) is 38.6 Å². The van der Waals surface area contributed by atoms with Crippen LogP contribution < -0.4 is 0 Å². The van der Waals surface area contributed by atoms with Crippen LogP contribution in [0.3, 0.4) is 0 Å². The van der Waals surface area contributed by atoms with Crippen LogP contribution in [0.25, 0.3) is 5.69 Å². The van der Waals surface area contributed by atoms with E-state index in [4.69, 9.17) is 16.7 Å². The fourth-order valence-corrected chi connectivity index (χ4v) is 5.30. The summed E-state index contributed by atoms with van der Waals surface area (Å²) >= 11 is 6.59. The molecule has 0 unspecified atom stereocenters. The largest absolute Gasteiger partial charge is 0.336 e. The van der Waals surface area contributed by atoms with Gasteiger partial charge in [0.05, 0.1) is 28.6 Å². The van der Waals surface area contributed by atoms with Crippen molar-refractivity contribution in [2.75, 3.05) is 13.1 Å². The number of fused-ring (bicyclic) bond motifs is 1. The molecule has 0 saturated heterocycles. The molecule has 0 spiro atoms. The van der Waals surface area contributed by atoms with E-state index in [1.165, 1.54) is 29.7 Å². The molecule has 34 heavy (non-hydrogen) atoms. The van der Waals surface area contributed by atoms with Gasteiger partial charge < -0.3 is 4.90 Å². The van der Waals surface area contributed by atoms with Crippen LogP contribution in [0.4, 0.5) is 0 Å². The fraction of sp³-hybridized carbons (Fsp3) is 0.429. The summed E-state index contributed by atoms with van der Waals surface area (Å²) in [6, 6.07) is 18.6. The number of benzene rings is 2. The van der Waals surface area contributed by atoms with E-state index in [0.717, 1.165) is 56.8 Å². The molecule has 2 fully saturated rings. The standard InChI is InChI=1S/C28H31ClN4O/c29-24-8-4-5-9-27(24)33-26-14-15-31(16-20-6-2-1-3-7-20)18-23(26)25(30-33)19-32(17-21-10-11-21)28(34)22-12-13-22/h1-9,21-22H,10-19H2. The summed E-state index contributed by atoms with van der Waals surface area (Å²) in [5.74, 6) is 1.22. The third-order valence-electron chi connectivity index (χ3n) is 7.30. The van der Waals surface area contributed by atoms with E-state index in [9.17, 15) is 4.79 Å². The van der Waals surface area contributed by atoms with Crippen LogP contribution in [-0.2, 0) is 30.8 Å². The van der Waals surface area contributed by atoms with Gasteiger partial charge in [0, 0.05) is 44.1 Å². The van der Waals surface area contributed by atoms with Gasteiger partial charge in [-0.2, -0.15) is 5.10 Å². The van der Waals surface area contributed by atoms with Gasteiger partial charge in [-0.05, 0) is 49.3 Å². The number of rotatable bonds is 8. The van der Waals surface area contributed by atoms with E-state index in [2.05, 4.69) is 40.1 Å². The smallest absolute Gasteiger partial charge is 0.226 e. The minimum Gasteiger partial charge on any atom is -0.336 e. The first-order valence-corrected chi connectivity index (χ1v) is 12.9. The predicted molar refractivity (Wildman–Crippen MR) is 134 cm³/mol. The minimum absolute atomic E-state index is 0.231. The highest BCUT2D eigenvalue weighted by molar-refractivity contribution is 6.32. The number of carbonyl (C=O) groups is 1. The first-order chi connectivity index (χ1) is 16.7. The SMILES string of the molecule is O=C(C1CC1)N(Cc1nn(-c2ccccc2Cl)c2c1CN(Cc1ccccc1)CC2)CC1CC1. The lowest BCUT2D eigenvalue weighted by atomic mass is 10.0. The second-order valence-electron chi connectivity index (χ2n) is 10.1. The molecule has 0 atom stereocenters. The average Bonchev–Trinajstić information content (AvgIpc) is 3.78. The molecule has 5 nitrogen and oxygen atoms in total. The Morgan fingerprint density at radius 1 is 1.03 bits per heavy atom. The highest BCUT2D eigenvalue weighted by Gasteiger charge is 2.37. The summed E-state index contributed by atoms with van der Waals surface area (Å²) in [7, 11) is 0. The third kappa shape index (κ3) is 4.64. The molecule has 1 aromatic heterocycles. The molecule has 1 aliphatic heterocycles. The lowest BCUT2D eigenvalue weighted by Crippen LogP contribution is -2.35. The van der Waals surface area contributed by atoms with E-state index in [0.29, 0.717) is 23.4 Å². The van der Waals surface area contributed by atoms with Crippen LogP contribution in [0.2, 0.25) is 5.02 Å². The molecule has 1 amide bonds. The minimum atomic E-state index is 0.231. The molecule has 2 saturated carbocycles. The maximum atomic E-state index is 13.1. The Morgan fingerprint density at radius 2 is 1.79 bits per heavy atom. The van der Waals surface area contributed by atoms with Gasteiger partial charge in [0.15, 0.2) is 0 Å². The third-order valence-corrected chi connectivity index (χ3v) is 7.62. The van der Waals surface area contributed by atoms with Gasteiger partial charge in [-0.1, -0.05) is 54.1 Å². The summed E-state index contributed by atoms with van der Waals surface area (Å²) in [5.41, 5.74) is 5.78. The van der Waals surface area contributed by atoms with E-state index >= 15 is 0 Å². The van der Waals surface area contributed by atoms with Crippen molar-refractivity contribution < 1.29 is 4.79 Å². The Morgan fingerprint density at radius 3 is 2.53 bits per heavy atom. The number of nitrogens with zero attached hydrogens (tertiary/aromatic N) is 4. The lowest BCUT2D eigenvalue weighted by molar-refractivity contribution is -0.133. The number of amides is 1. The van der Waals surface area contributed by atoms with E-state index in [1.807, 2.05) is 28.9 Å². The molecule has 3 aromatic rings. The van der Waals surface area contributed by atoms with E-state index < -0.39 is 0 Å². The molecule has 0 radical (unpaired) electrons. The summed E-state index contributed by atoms with van der Waals surface area (Å²) in [6.45, 7) is 4.22. The number of carbonyl (C=O) groups excluding carboxylic acids is 1. The zero-order valence-corrected chi connectivity index (χ0v) is 20.3. The van der Waals surface area contributed by atoms with Crippen molar-refractivity contribution in [3.63, 3.8) is 0 Å². The van der Waals surface area contributed by atoms with Gasteiger partial charge in [-0.25, -0.2) is 4.68 Å². The summed E-state index contributed by atoms with van der Waals surface area (Å²) < 4.78 is 2.05. The lowest BCUT2D eigenvalue weighted by Gasteiger charge is -2.29. The molecule has 2 aromatic carbocycles. The summed E-state index contributed by atoms with van der Waals surface area (Å²) in [4.78, 5) is 17.7. The summed E-state index contributed by atoms with van der Waals surface area (Å²) in [6.07, 6.45) is 5.48. The zero-order valence-electron chi connectivity index (χ0n) is 19.5. The number of hydrogen-bond acceptors (Lipinski definition) is 3. The molecule has 2 heterocycles. The molecule has 2 aliphatic carbocycles. The van der Waals surface area contributed by atoms with Gasteiger partial charge in [0.2, 0.25) is 5.91 Å². The fourth-order valence-electron chi connectivity index (χ4n) is 5.08. The summed E-state index contributed by atoms with van der Waals surface area (Å²) in [5, 5.41) is 5.81. The van der Waals surface area contributed by atoms with Crippen molar-refractivity contribution in [3.8, 4) is 5.69 Å². The molecular formula is C28H31ClN4O. The number of aromatic nitrogens is 2. The van der Waals surface area contributed by atoms with Gasteiger partial charge in [-0.3, -0.25) is 9.69 Å². The number of hydrogen-bond donors (Lipinski definition) is 0. The molecule has 6 heteroatoms. The van der Waals surface area contributed by atoms with E-state index in [1.54, 1.807) is 0 Å². The van der Waals surface area contributed by atoms with Crippen molar-refractivity contribution in [3.05, 3.63) is 82.1 Å². The highest BCUT2D eigenvalue weighted by atomic mass is 35.5. The van der Waals surface area contributed by atoms with Gasteiger partial charge in [-0.15, -0.1) is 0 Å². The van der Waals surface area contributed by atoms with Crippen molar-refractivity contribution >= 4 is 17.5 Å². The average molecular weight is 475 g/mol. The van der Waals surface area contributed by atoms with Gasteiger partial charge >= 0.3 is 0 Å². The van der Waals surface area contributed by atoms with Crippen molar-refractivity contribution in [2.24, 2.45) is 11.8 Å². The van der Waals surface area contributed by atoms with Gasteiger partial charge in [0.1, 0.15) is 0 Å². The Hall–Kier alpha value is -2.63. The topological polar surface area (TPSA) is 41.4 Å². The second-order valence-corrected chi connectivity index (χ2v) is 10.5. The van der Waals surface area contributed by atoms with Crippen LogP contribution in [0.15, 0.2) is 54.6 Å². The second kappa shape index (κ2) is 9.20. The Labute approximate surface area is 206 Å². The zero-order chi connectivity index (χ0) is 23.1. The molecular weight excluding hydrogens is 444 g/mol. The Kier molecular flexibility index (Phi) is 5.92. The van der Waals surface area contributed by atoms with Gasteiger partial charge in [0.25, 0.3) is 0 Å². The van der Waals surface area contributed by atoms with E-state index in [-0.39, 0.29) is 5.92 Å². The van der Waals surface area contributed by atoms with Crippen LogP contribution in [0.5, 0.6) is 0 Å². The molecule has 0 bridgehead atoms. The first kappa shape index (κ1) is 21.9. The van der Waals surface area contributed by atoms with Crippen LogP contribution >= 0.6 is 11.6 Å². The molecule has 176 valence electrons. The highest BCUT2D eigenvalue weighted by Crippen LogP contribution is 2.36. The van der Waals surface area contributed by atoms with Crippen molar-refractivity contribution in [1.82, 2.24) is 19.6 Å². The molecule has 0 N–H and O–H groups in total. The number of halogens is 1. The first-order valence-electron chi connectivity index (χ1n) is 12.6. The molecule has 6 rings (SSSR count). The monoisotopic (exact) mass is 474 g/mol. The quantitative estimate of drug-likeness (QED) is 0.448.